The van der Waals surface area contributed by atoms with Gasteiger partial charge in [0.1, 0.15) is 0 Å². The van der Waals surface area contributed by atoms with Gasteiger partial charge < -0.3 is 10.6 Å². The number of anilines is 1. The van der Waals surface area contributed by atoms with Crippen LogP contribution in [0.3, 0.4) is 0 Å². The number of rotatable bonds is 4. The number of benzene rings is 1. The summed E-state index contributed by atoms with van der Waals surface area (Å²) in [5, 5.41) is 0. The van der Waals surface area contributed by atoms with E-state index < -0.39 is 10.0 Å². The molecule has 1 aliphatic heterocycles. The van der Waals surface area contributed by atoms with Gasteiger partial charge in [0.2, 0.25) is 10.0 Å². The number of nitrogens with zero attached hydrogens (tertiary/aromatic N) is 1. The van der Waals surface area contributed by atoms with E-state index in [1.165, 1.54) is 0 Å². The normalized spacial score (nSPS) is 23.9. The molecule has 5 nitrogen and oxygen atoms in total. The number of hydrogen-bond donors (Lipinski definition) is 2. The first kappa shape index (κ1) is 15.3. The van der Waals surface area contributed by atoms with Gasteiger partial charge >= 0.3 is 0 Å². The van der Waals surface area contributed by atoms with E-state index in [4.69, 9.17) is 5.73 Å². The molecule has 2 atom stereocenters. The van der Waals surface area contributed by atoms with Crippen LogP contribution in [-0.4, -0.2) is 33.6 Å². The number of nitrogens with one attached hydrogen (secondary N) is 1. The average Bonchev–Trinajstić information content (AvgIpc) is 2.39. The highest BCUT2D eigenvalue weighted by Crippen LogP contribution is 2.25. The van der Waals surface area contributed by atoms with Crippen LogP contribution in [-0.2, 0) is 10.0 Å². The number of sulfonamides is 1. The van der Waals surface area contributed by atoms with Gasteiger partial charge in [0.15, 0.2) is 0 Å². The van der Waals surface area contributed by atoms with Crippen LogP contribution in [0.5, 0.6) is 0 Å². The topological polar surface area (TPSA) is 75.4 Å². The lowest BCUT2D eigenvalue weighted by Gasteiger charge is -2.38. The lowest BCUT2D eigenvalue weighted by molar-refractivity contribution is 0.430. The molecule has 112 valence electrons. The van der Waals surface area contributed by atoms with E-state index in [0.717, 1.165) is 25.1 Å². The van der Waals surface area contributed by atoms with Crippen molar-refractivity contribution in [2.75, 3.05) is 18.0 Å². The van der Waals surface area contributed by atoms with Gasteiger partial charge in [0.05, 0.1) is 4.90 Å². The smallest absolute Gasteiger partial charge is 0.240 e. The minimum absolute atomic E-state index is 0.273. The van der Waals surface area contributed by atoms with Crippen LogP contribution in [0.25, 0.3) is 0 Å². The fourth-order valence-corrected chi connectivity index (χ4v) is 3.72. The zero-order valence-corrected chi connectivity index (χ0v) is 12.9. The Morgan fingerprint density at radius 1 is 1.35 bits per heavy atom. The van der Waals surface area contributed by atoms with E-state index >= 15 is 0 Å². The zero-order chi connectivity index (χ0) is 14.8. The van der Waals surface area contributed by atoms with Crippen molar-refractivity contribution in [3.63, 3.8) is 0 Å². The summed E-state index contributed by atoms with van der Waals surface area (Å²) < 4.78 is 26.3. The van der Waals surface area contributed by atoms with Gasteiger partial charge in [-0.25, -0.2) is 13.1 Å². The molecular weight excluding hydrogens is 274 g/mol. The lowest BCUT2D eigenvalue weighted by Crippen LogP contribution is -2.45. The van der Waals surface area contributed by atoms with Crippen LogP contribution in [0.4, 0.5) is 5.69 Å². The molecule has 1 saturated heterocycles. The van der Waals surface area contributed by atoms with Gasteiger partial charge in [0.25, 0.3) is 0 Å². The van der Waals surface area contributed by atoms with E-state index in [1.807, 2.05) is 12.1 Å². The first-order valence-electron chi connectivity index (χ1n) is 7.06. The van der Waals surface area contributed by atoms with Crippen molar-refractivity contribution in [3.05, 3.63) is 24.3 Å². The van der Waals surface area contributed by atoms with Crippen LogP contribution in [0.2, 0.25) is 0 Å². The highest BCUT2D eigenvalue weighted by Gasteiger charge is 2.23. The summed E-state index contributed by atoms with van der Waals surface area (Å²) in [4.78, 5) is 2.59. The second-order valence-electron chi connectivity index (χ2n) is 5.32. The molecule has 0 aliphatic carbocycles. The predicted octanol–water partition coefficient (Wildman–Crippen LogP) is 1.30. The number of nitrogens with two attached hydrogens (primary N) is 1. The van der Waals surface area contributed by atoms with Crippen molar-refractivity contribution in [3.8, 4) is 0 Å². The SMILES string of the molecule is CCNS(=O)(=O)c1ccc(N2CCC(N)CC2C)cc1. The van der Waals surface area contributed by atoms with E-state index in [0.29, 0.717) is 17.5 Å². The summed E-state index contributed by atoms with van der Waals surface area (Å²) in [7, 11) is -3.37. The first-order valence-corrected chi connectivity index (χ1v) is 8.54. The molecule has 1 aromatic rings. The van der Waals surface area contributed by atoms with E-state index in [-0.39, 0.29) is 6.04 Å². The third kappa shape index (κ3) is 3.31. The van der Waals surface area contributed by atoms with Crippen LogP contribution in [0, 0.1) is 0 Å². The van der Waals surface area contributed by atoms with E-state index in [2.05, 4.69) is 16.5 Å². The molecule has 0 spiro atoms. The predicted molar refractivity (Wildman–Crippen MR) is 81.3 cm³/mol. The highest BCUT2D eigenvalue weighted by molar-refractivity contribution is 7.89. The van der Waals surface area contributed by atoms with Gasteiger partial charge in [-0.05, 0) is 44.0 Å². The maximum atomic E-state index is 11.9. The molecular formula is C14H23N3O2S. The van der Waals surface area contributed by atoms with Crippen molar-refractivity contribution < 1.29 is 8.42 Å². The summed E-state index contributed by atoms with van der Waals surface area (Å²) in [5.74, 6) is 0. The molecule has 2 rings (SSSR count). The maximum Gasteiger partial charge on any atom is 0.240 e. The Labute approximate surface area is 121 Å². The van der Waals surface area contributed by atoms with Gasteiger partial charge in [-0.2, -0.15) is 0 Å². The van der Waals surface area contributed by atoms with Crippen LogP contribution in [0.15, 0.2) is 29.2 Å². The van der Waals surface area contributed by atoms with Crippen LogP contribution in [0.1, 0.15) is 26.7 Å². The molecule has 20 heavy (non-hydrogen) atoms. The Hall–Kier alpha value is -1.11. The Bertz CT molecular complexity index is 542. The molecule has 2 unspecified atom stereocenters. The molecule has 0 aromatic heterocycles. The largest absolute Gasteiger partial charge is 0.369 e. The van der Waals surface area contributed by atoms with Crippen molar-refractivity contribution in [1.29, 1.82) is 0 Å². The summed E-state index contributed by atoms with van der Waals surface area (Å²) in [5.41, 5.74) is 7.02. The molecule has 1 aromatic carbocycles. The third-order valence-corrected chi connectivity index (χ3v) is 5.29. The maximum absolute atomic E-state index is 11.9. The molecule has 0 radical (unpaired) electrons. The summed E-state index contributed by atoms with van der Waals surface area (Å²) in [6, 6.07) is 7.72. The molecule has 0 bridgehead atoms. The zero-order valence-electron chi connectivity index (χ0n) is 12.0. The van der Waals surface area contributed by atoms with Crippen LogP contribution >= 0.6 is 0 Å². The fraction of sp³-hybridized carbons (Fsp3) is 0.571. The second kappa shape index (κ2) is 6.11. The van der Waals surface area contributed by atoms with Crippen molar-refractivity contribution in [1.82, 2.24) is 4.72 Å². The van der Waals surface area contributed by atoms with Gasteiger partial charge in [0, 0.05) is 30.9 Å². The average molecular weight is 297 g/mol. The molecule has 1 fully saturated rings. The first-order chi connectivity index (χ1) is 9.44. The van der Waals surface area contributed by atoms with Crippen molar-refractivity contribution in [2.24, 2.45) is 5.73 Å². The highest BCUT2D eigenvalue weighted by atomic mass is 32.2. The van der Waals surface area contributed by atoms with Crippen molar-refractivity contribution >= 4 is 15.7 Å². The molecule has 6 heteroatoms. The van der Waals surface area contributed by atoms with E-state index in [9.17, 15) is 8.42 Å². The summed E-state index contributed by atoms with van der Waals surface area (Å²) in [6.07, 6.45) is 1.94. The molecule has 1 heterocycles. The Morgan fingerprint density at radius 3 is 2.55 bits per heavy atom. The minimum Gasteiger partial charge on any atom is -0.369 e. The molecule has 0 saturated carbocycles. The van der Waals surface area contributed by atoms with Gasteiger partial charge in [-0.15, -0.1) is 0 Å². The Balaban J connectivity index is 2.16. The third-order valence-electron chi connectivity index (χ3n) is 3.73. The Morgan fingerprint density at radius 2 is 2.00 bits per heavy atom. The fourth-order valence-electron chi connectivity index (χ4n) is 2.68. The summed E-state index contributed by atoms with van der Waals surface area (Å²) in [6.45, 7) is 5.24. The minimum atomic E-state index is -3.37. The quantitative estimate of drug-likeness (QED) is 0.878. The van der Waals surface area contributed by atoms with Gasteiger partial charge in [-0.1, -0.05) is 6.92 Å². The summed E-state index contributed by atoms with van der Waals surface area (Å²) >= 11 is 0. The standard InChI is InChI=1S/C14H23N3O2S/c1-3-16-20(18,19)14-6-4-13(5-7-14)17-9-8-12(15)10-11(17)2/h4-7,11-12,16H,3,8-10,15H2,1-2H3. The van der Waals surface area contributed by atoms with Gasteiger partial charge in [-0.3, -0.25) is 0 Å². The van der Waals surface area contributed by atoms with Crippen LogP contribution < -0.4 is 15.4 Å². The number of piperidine rings is 1. The number of hydrogen-bond acceptors (Lipinski definition) is 4. The van der Waals surface area contributed by atoms with Crippen molar-refractivity contribution in [2.45, 2.75) is 43.7 Å². The lowest BCUT2D eigenvalue weighted by atomic mass is 9.98. The monoisotopic (exact) mass is 297 g/mol. The Kier molecular flexibility index (Phi) is 4.67. The molecule has 0 amide bonds. The van der Waals surface area contributed by atoms with E-state index in [1.54, 1.807) is 19.1 Å². The second-order valence-corrected chi connectivity index (χ2v) is 7.09. The molecule has 3 N–H and O–H groups in total. The molecule has 1 aliphatic rings.